The van der Waals surface area contributed by atoms with Crippen molar-refractivity contribution in [2.45, 2.75) is 19.9 Å². The van der Waals surface area contributed by atoms with Crippen molar-refractivity contribution >= 4 is 34.2 Å². The summed E-state index contributed by atoms with van der Waals surface area (Å²) in [6.07, 6.45) is 1.74. The number of nitrogens with zero attached hydrogens (tertiary/aromatic N) is 3. The predicted octanol–water partition coefficient (Wildman–Crippen LogP) is 3.32. The molecular weight excluding hydrogens is 221 g/mol. The van der Waals surface area contributed by atoms with Crippen molar-refractivity contribution in [3.63, 3.8) is 0 Å². The molecule has 2 aromatic heterocycles. The van der Waals surface area contributed by atoms with Gasteiger partial charge in [-0.15, -0.1) is 0 Å². The number of pyridine rings is 1. The number of aromatic nitrogens is 3. The van der Waals surface area contributed by atoms with Gasteiger partial charge in [0.05, 0.1) is 11.2 Å². The minimum atomic E-state index is 0.261. The summed E-state index contributed by atoms with van der Waals surface area (Å²) in [6.45, 7) is 4.08. The molecule has 74 valence electrons. The smallest absolute Gasteiger partial charge is 0.159 e. The first kappa shape index (κ1) is 9.74. The Morgan fingerprint density at radius 3 is 2.71 bits per heavy atom. The molecule has 5 heteroatoms. The third-order valence-electron chi connectivity index (χ3n) is 1.97. The van der Waals surface area contributed by atoms with Crippen molar-refractivity contribution in [3.05, 3.63) is 22.4 Å². The third kappa shape index (κ3) is 1.47. The van der Waals surface area contributed by atoms with E-state index in [1.165, 1.54) is 0 Å². The Morgan fingerprint density at radius 1 is 1.36 bits per heavy atom. The van der Waals surface area contributed by atoms with E-state index in [2.05, 4.69) is 10.1 Å². The Labute approximate surface area is 91.6 Å². The molecule has 0 bridgehead atoms. The Bertz CT molecular complexity index is 476. The molecule has 0 aliphatic rings. The van der Waals surface area contributed by atoms with E-state index in [0.29, 0.717) is 10.2 Å². The highest BCUT2D eigenvalue weighted by Gasteiger charge is 2.09. The van der Waals surface area contributed by atoms with E-state index in [1.54, 1.807) is 12.3 Å². The SMILES string of the molecule is CC(C)n1ncc2cc(Cl)c(Cl)nc21. The van der Waals surface area contributed by atoms with Gasteiger partial charge in [-0.1, -0.05) is 23.2 Å². The first-order chi connectivity index (χ1) is 6.59. The molecular formula is C9H9Cl2N3. The summed E-state index contributed by atoms with van der Waals surface area (Å²) >= 11 is 11.7. The second-order valence-electron chi connectivity index (χ2n) is 3.36. The molecule has 14 heavy (non-hydrogen) atoms. The fraction of sp³-hybridized carbons (Fsp3) is 0.333. The highest BCUT2D eigenvalue weighted by molar-refractivity contribution is 6.41. The van der Waals surface area contributed by atoms with Gasteiger partial charge >= 0.3 is 0 Å². The van der Waals surface area contributed by atoms with Gasteiger partial charge in [0.2, 0.25) is 0 Å². The molecule has 0 aliphatic carbocycles. The van der Waals surface area contributed by atoms with Gasteiger partial charge < -0.3 is 0 Å². The Balaban J connectivity index is 2.74. The molecule has 2 rings (SSSR count). The van der Waals surface area contributed by atoms with Gasteiger partial charge in [-0.25, -0.2) is 9.67 Å². The van der Waals surface area contributed by atoms with Crippen LogP contribution in [0.15, 0.2) is 12.3 Å². The number of halogens is 2. The molecule has 0 fully saturated rings. The average Bonchev–Trinajstić information content (AvgIpc) is 2.48. The van der Waals surface area contributed by atoms with Crippen molar-refractivity contribution in [3.8, 4) is 0 Å². The zero-order valence-electron chi connectivity index (χ0n) is 7.83. The van der Waals surface area contributed by atoms with Crippen LogP contribution in [-0.4, -0.2) is 14.8 Å². The van der Waals surface area contributed by atoms with E-state index >= 15 is 0 Å². The number of hydrogen-bond acceptors (Lipinski definition) is 2. The third-order valence-corrected chi connectivity index (χ3v) is 2.64. The van der Waals surface area contributed by atoms with Crippen LogP contribution in [0.2, 0.25) is 10.2 Å². The van der Waals surface area contributed by atoms with Gasteiger partial charge in [-0.2, -0.15) is 5.10 Å². The second-order valence-corrected chi connectivity index (χ2v) is 4.12. The highest BCUT2D eigenvalue weighted by atomic mass is 35.5. The van der Waals surface area contributed by atoms with Crippen LogP contribution < -0.4 is 0 Å². The van der Waals surface area contributed by atoms with Crippen molar-refractivity contribution in [1.82, 2.24) is 14.8 Å². The summed E-state index contributed by atoms with van der Waals surface area (Å²) in [7, 11) is 0. The van der Waals surface area contributed by atoms with Crippen molar-refractivity contribution < 1.29 is 0 Å². The lowest BCUT2D eigenvalue weighted by Crippen LogP contribution is -2.03. The lowest BCUT2D eigenvalue weighted by Gasteiger charge is -2.06. The predicted molar refractivity (Wildman–Crippen MR) is 57.9 cm³/mol. The molecule has 0 N–H and O–H groups in total. The molecule has 2 aromatic rings. The maximum atomic E-state index is 5.85. The van der Waals surface area contributed by atoms with Crippen molar-refractivity contribution in [1.29, 1.82) is 0 Å². The summed E-state index contributed by atoms with van der Waals surface area (Å²) in [6, 6.07) is 2.04. The van der Waals surface area contributed by atoms with Gasteiger partial charge in [0, 0.05) is 11.4 Å². The van der Waals surface area contributed by atoms with Crippen LogP contribution >= 0.6 is 23.2 Å². The van der Waals surface area contributed by atoms with E-state index in [9.17, 15) is 0 Å². The molecule has 0 saturated carbocycles. The zero-order chi connectivity index (χ0) is 10.3. The van der Waals surface area contributed by atoms with Gasteiger partial charge in [0.1, 0.15) is 5.15 Å². The molecule has 0 unspecified atom stereocenters. The van der Waals surface area contributed by atoms with Crippen LogP contribution in [0.1, 0.15) is 19.9 Å². The topological polar surface area (TPSA) is 30.7 Å². The zero-order valence-corrected chi connectivity index (χ0v) is 9.34. The quantitative estimate of drug-likeness (QED) is 0.703. The molecule has 2 heterocycles. The molecule has 0 atom stereocenters. The van der Waals surface area contributed by atoms with Gasteiger partial charge in [-0.3, -0.25) is 0 Å². The Morgan fingerprint density at radius 2 is 2.07 bits per heavy atom. The van der Waals surface area contributed by atoms with E-state index in [1.807, 2.05) is 18.5 Å². The first-order valence-corrected chi connectivity index (χ1v) is 5.04. The summed E-state index contributed by atoms with van der Waals surface area (Å²) in [5, 5.41) is 5.91. The van der Waals surface area contributed by atoms with Crippen molar-refractivity contribution in [2.24, 2.45) is 0 Å². The largest absolute Gasteiger partial charge is 0.245 e. The molecule has 0 aromatic carbocycles. The van der Waals surface area contributed by atoms with E-state index in [0.717, 1.165) is 11.0 Å². The second kappa shape index (κ2) is 3.41. The van der Waals surface area contributed by atoms with Crippen LogP contribution in [0.25, 0.3) is 11.0 Å². The lowest BCUT2D eigenvalue weighted by molar-refractivity contribution is 0.546. The van der Waals surface area contributed by atoms with Crippen LogP contribution in [0.3, 0.4) is 0 Å². The monoisotopic (exact) mass is 229 g/mol. The molecule has 0 saturated heterocycles. The summed E-state index contributed by atoms with van der Waals surface area (Å²) in [5.74, 6) is 0. The normalized spacial score (nSPS) is 11.5. The summed E-state index contributed by atoms with van der Waals surface area (Å²) in [5.41, 5.74) is 0.773. The summed E-state index contributed by atoms with van der Waals surface area (Å²) < 4.78 is 1.82. The van der Waals surface area contributed by atoms with Crippen molar-refractivity contribution in [2.75, 3.05) is 0 Å². The number of hydrogen-bond donors (Lipinski definition) is 0. The fourth-order valence-corrected chi connectivity index (χ4v) is 1.60. The van der Waals surface area contributed by atoms with Crippen LogP contribution in [0.4, 0.5) is 0 Å². The van der Waals surface area contributed by atoms with Crippen LogP contribution in [-0.2, 0) is 0 Å². The van der Waals surface area contributed by atoms with Crippen LogP contribution in [0.5, 0.6) is 0 Å². The molecule has 0 aliphatic heterocycles. The first-order valence-electron chi connectivity index (χ1n) is 4.29. The Kier molecular flexibility index (Phi) is 2.37. The van der Waals surface area contributed by atoms with Gasteiger partial charge in [0.15, 0.2) is 5.65 Å². The standard InChI is InChI=1S/C9H9Cl2N3/c1-5(2)14-9-6(4-12-14)3-7(10)8(11)13-9/h3-5H,1-2H3. The Hall–Kier alpha value is -0.800. The highest BCUT2D eigenvalue weighted by Crippen LogP contribution is 2.25. The van der Waals surface area contributed by atoms with E-state index in [4.69, 9.17) is 23.2 Å². The summed E-state index contributed by atoms with van der Waals surface area (Å²) in [4.78, 5) is 4.19. The van der Waals surface area contributed by atoms with E-state index < -0.39 is 0 Å². The minimum Gasteiger partial charge on any atom is -0.245 e. The average molecular weight is 230 g/mol. The van der Waals surface area contributed by atoms with Gasteiger partial charge in [0.25, 0.3) is 0 Å². The number of rotatable bonds is 1. The maximum absolute atomic E-state index is 5.85. The fourth-order valence-electron chi connectivity index (χ4n) is 1.31. The molecule has 0 spiro atoms. The lowest BCUT2D eigenvalue weighted by atomic mass is 10.3. The van der Waals surface area contributed by atoms with Crippen LogP contribution in [0, 0.1) is 0 Å². The van der Waals surface area contributed by atoms with Gasteiger partial charge in [-0.05, 0) is 19.9 Å². The molecule has 3 nitrogen and oxygen atoms in total. The number of fused-ring (bicyclic) bond motifs is 1. The minimum absolute atomic E-state index is 0.261. The molecule has 0 amide bonds. The molecule has 0 radical (unpaired) electrons. The van der Waals surface area contributed by atoms with E-state index in [-0.39, 0.29) is 6.04 Å². The maximum Gasteiger partial charge on any atom is 0.159 e.